The number of halogens is 1. The van der Waals surface area contributed by atoms with Gasteiger partial charge < -0.3 is 14.7 Å². The minimum atomic E-state index is -0.243. The summed E-state index contributed by atoms with van der Waals surface area (Å²) in [6.07, 6.45) is 3.85. The molecule has 0 spiro atoms. The van der Waals surface area contributed by atoms with Crippen LogP contribution in [0, 0.1) is 0 Å². The highest BCUT2D eigenvalue weighted by atomic mass is 35.5. The third-order valence-electron chi connectivity index (χ3n) is 3.48. The smallest absolute Gasteiger partial charge is 0.272 e. The van der Waals surface area contributed by atoms with Crippen LogP contribution in [0.3, 0.4) is 0 Å². The zero-order valence-electron chi connectivity index (χ0n) is 11.0. The van der Waals surface area contributed by atoms with E-state index in [1.807, 2.05) is 12.1 Å². The lowest BCUT2D eigenvalue weighted by Crippen LogP contribution is -2.11. The summed E-state index contributed by atoms with van der Waals surface area (Å²) in [6.45, 7) is 0. The lowest BCUT2D eigenvalue weighted by Gasteiger charge is -2.02. The second-order valence-electron chi connectivity index (χ2n) is 5.19. The number of H-pyrrole nitrogens is 1. The SMILES string of the molecule is O=C(Nc1ccc2oc(C3CC3)nc2c1)c1cc(Cl)c[nH]1. The maximum atomic E-state index is 12.0. The molecule has 4 rings (SSSR count). The summed E-state index contributed by atoms with van der Waals surface area (Å²) in [5.41, 5.74) is 2.60. The van der Waals surface area contributed by atoms with Crippen LogP contribution >= 0.6 is 11.6 Å². The minimum absolute atomic E-state index is 0.243. The van der Waals surface area contributed by atoms with Crippen LogP contribution in [0.25, 0.3) is 11.1 Å². The van der Waals surface area contributed by atoms with E-state index in [-0.39, 0.29) is 5.91 Å². The standard InChI is InChI=1S/C15H12ClN3O2/c16-9-5-12(17-7-9)14(20)18-10-3-4-13-11(6-10)19-15(21-13)8-1-2-8/h3-8,17H,1-2H2,(H,18,20). The normalized spacial score (nSPS) is 14.5. The number of fused-ring (bicyclic) bond motifs is 1. The van der Waals surface area contributed by atoms with E-state index < -0.39 is 0 Å². The molecule has 21 heavy (non-hydrogen) atoms. The van der Waals surface area contributed by atoms with E-state index in [0.29, 0.717) is 22.3 Å². The first-order valence-corrected chi connectivity index (χ1v) is 7.12. The fourth-order valence-corrected chi connectivity index (χ4v) is 2.39. The summed E-state index contributed by atoms with van der Waals surface area (Å²) in [5, 5.41) is 3.31. The highest BCUT2D eigenvalue weighted by Gasteiger charge is 2.28. The molecule has 0 radical (unpaired) electrons. The third kappa shape index (κ3) is 2.40. The molecule has 2 N–H and O–H groups in total. The molecule has 0 atom stereocenters. The summed E-state index contributed by atoms with van der Waals surface area (Å²) in [6, 6.07) is 7.02. The van der Waals surface area contributed by atoms with E-state index in [4.69, 9.17) is 16.0 Å². The van der Waals surface area contributed by atoms with Gasteiger partial charge in [0, 0.05) is 17.8 Å². The number of benzene rings is 1. The van der Waals surface area contributed by atoms with Crippen molar-refractivity contribution in [2.24, 2.45) is 0 Å². The van der Waals surface area contributed by atoms with Crippen molar-refractivity contribution < 1.29 is 9.21 Å². The van der Waals surface area contributed by atoms with Crippen molar-refractivity contribution in [1.82, 2.24) is 9.97 Å². The summed E-state index contributed by atoms with van der Waals surface area (Å²) in [4.78, 5) is 19.3. The van der Waals surface area contributed by atoms with Crippen molar-refractivity contribution in [2.45, 2.75) is 18.8 Å². The fraction of sp³-hybridized carbons (Fsp3) is 0.200. The molecular weight excluding hydrogens is 290 g/mol. The molecule has 1 amide bonds. The predicted molar refractivity (Wildman–Crippen MR) is 79.7 cm³/mol. The molecule has 2 heterocycles. The van der Waals surface area contributed by atoms with Gasteiger partial charge in [0.1, 0.15) is 11.2 Å². The molecule has 106 valence electrons. The van der Waals surface area contributed by atoms with Gasteiger partial charge in [-0.15, -0.1) is 0 Å². The van der Waals surface area contributed by atoms with Crippen molar-refractivity contribution >= 4 is 34.3 Å². The number of oxazole rings is 1. The van der Waals surface area contributed by atoms with Crippen LogP contribution in [0.1, 0.15) is 35.1 Å². The third-order valence-corrected chi connectivity index (χ3v) is 3.70. The summed E-state index contributed by atoms with van der Waals surface area (Å²) < 4.78 is 5.69. The van der Waals surface area contributed by atoms with Crippen molar-refractivity contribution in [1.29, 1.82) is 0 Å². The Balaban J connectivity index is 1.59. The van der Waals surface area contributed by atoms with Crippen molar-refractivity contribution in [3.63, 3.8) is 0 Å². The maximum Gasteiger partial charge on any atom is 0.272 e. The van der Waals surface area contributed by atoms with Crippen LogP contribution in [0.5, 0.6) is 0 Å². The van der Waals surface area contributed by atoms with Gasteiger partial charge in [0.05, 0.1) is 5.02 Å². The molecule has 1 aromatic carbocycles. The molecule has 1 aliphatic rings. The van der Waals surface area contributed by atoms with Gasteiger partial charge in [-0.05, 0) is 37.1 Å². The fourth-order valence-electron chi connectivity index (χ4n) is 2.23. The summed E-state index contributed by atoms with van der Waals surface area (Å²) >= 11 is 5.79. The Morgan fingerprint density at radius 3 is 2.95 bits per heavy atom. The van der Waals surface area contributed by atoms with Gasteiger partial charge in [-0.3, -0.25) is 4.79 Å². The lowest BCUT2D eigenvalue weighted by atomic mass is 10.2. The Morgan fingerprint density at radius 1 is 1.38 bits per heavy atom. The Kier molecular flexibility index (Phi) is 2.75. The zero-order chi connectivity index (χ0) is 14.4. The number of rotatable bonds is 3. The number of hydrogen-bond donors (Lipinski definition) is 2. The van der Waals surface area contributed by atoms with Crippen LogP contribution in [-0.2, 0) is 0 Å². The highest BCUT2D eigenvalue weighted by molar-refractivity contribution is 6.31. The van der Waals surface area contributed by atoms with Gasteiger partial charge in [0.25, 0.3) is 5.91 Å². The molecule has 6 heteroatoms. The monoisotopic (exact) mass is 301 g/mol. The number of anilines is 1. The Bertz CT molecular complexity index is 832. The van der Waals surface area contributed by atoms with Gasteiger partial charge in [0.2, 0.25) is 0 Å². The molecular formula is C15H12ClN3O2. The minimum Gasteiger partial charge on any atom is -0.440 e. The van der Waals surface area contributed by atoms with Crippen molar-refractivity contribution in [3.8, 4) is 0 Å². The first kappa shape index (κ1) is 12.5. The van der Waals surface area contributed by atoms with Crippen LogP contribution < -0.4 is 5.32 Å². The van der Waals surface area contributed by atoms with E-state index >= 15 is 0 Å². The van der Waals surface area contributed by atoms with Gasteiger partial charge in [0.15, 0.2) is 11.5 Å². The van der Waals surface area contributed by atoms with Gasteiger partial charge in [-0.2, -0.15) is 0 Å². The quantitative estimate of drug-likeness (QED) is 0.769. The number of hydrogen-bond acceptors (Lipinski definition) is 3. The van der Waals surface area contributed by atoms with Gasteiger partial charge in [-0.1, -0.05) is 11.6 Å². The van der Waals surface area contributed by atoms with Crippen LogP contribution in [-0.4, -0.2) is 15.9 Å². The number of aromatic amines is 1. The number of nitrogens with one attached hydrogen (secondary N) is 2. The lowest BCUT2D eigenvalue weighted by molar-refractivity contribution is 0.102. The molecule has 0 saturated heterocycles. The number of amides is 1. The second-order valence-corrected chi connectivity index (χ2v) is 5.63. The molecule has 0 bridgehead atoms. The average Bonchev–Trinajstić information content (AvgIpc) is 3.09. The second kappa shape index (κ2) is 4.63. The number of aromatic nitrogens is 2. The molecule has 3 aromatic rings. The topological polar surface area (TPSA) is 70.9 Å². The predicted octanol–water partition coefficient (Wildman–Crippen LogP) is 3.94. The first-order valence-electron chi connectivity index (χ1n) is 6.75. The van der Waals surface area contributed by atoms with E-state index in [1.165, 1.54) is 0 Å². The van der Waals surface area contributed by atoms with Crippen LogP contribution in [0.4, 0.5) is 5.69 Å². The van der Waals surface area contributed by atoms with Crippen molar-refractivity contribution in [3.05, 3.63) is 47.1 Å². The van der Waals surface area contributed by atoms with E-state index in [1.54, 1.807) is 18.3 Å². The average molecular weight is 302 g/mol. The maximum absolute atomic E-state index is 12.0. The van der Waals surface area contributed by atoms with Crippen LogP contribution in [0.15, 0.2) is 34.9 Å². The molecule has 1 aliphatic carbocycles. The molecule has 1 fully saturated rings. The molecule has 0 unspecified atom stereocenters. The molecule has 2 aromatic heterocycles. The Labute approximate surface area is 125 Å². The number of carbonyl (C=O) groups excluding carboxylic acids is 1. The van der Waals surface area contributed by atoms with Gasteiger partial charge >= 0.3 is 0 Å². The summed E-state index contributed by atoms with van der Waals surface area (Å²) in [7, 11) is 0. The molecule has 1 saturated carbocycles. The Morgan fingerprint density at radius 2 is 2.24 bits per heavy atom. The molecule has 5 nitrogen and oxygen atoms in total. The molecule has 0 aliphatic heterocycles. The number of nitrogens with zero attached hydrogens (tertiary/aromatic N) is 1. The zero-order valence-corrected chi connectivity index (χ0v) is 11.8. The number of carbonyl (C=O) groups is 1. The van der Waals surface area contributed by atoms with Crippen LogP contribution in [0.2, 0.25) is 5.02 Å². The highest BCUT2D eigenvalue weighted by Crippen LogP contribution is 2.40. The summed E-state index contributed by atoms with van der Waals surface area (Å²) in [5.74, 6) is 1.02. The van der Waals surface area contributed by atoms with Gasteiger partial charge in [-0.25, -0.2) is 4.98 Å². The first-order chi connectivity index (χ1) is 10.2. The van der Waals surface area contributed by atoms with E-state index in [2.05, 4.69) is 15.3 Å². The van der Waals surface area contributed by atoms with Crippen molar-refractivity contribution in [2.75, 3.05) is 5.32 Å². The van der Waals surface area contributed by atoms with E-state index in [9.17, 15) is 4.79 Å². The largest absolute Gasteiger partial charge is 0.440 e. The van der Waals surface area contributed by atoms with E-state index in [0.717, 1.165) is 29.8 Å². The Hall–Kier alpha value is -2.27.